The van der Waals surface area contributed by atoms with E-state index in [1.54, 1.807) is 0 Å². The van der Waals surface area contributed by atoms with E-state index < -0.39 is 5.97 Å². The second kappa shape index (κ2) is 11.8. The number of carboxylic acid groups (broad SMARTS) is 1. The van der Waals surface area contributed by atoms with Gasteiger partial charge >= 0.3 is 0 Å². The predicted octanol–water partition coefficient (Wildman–Crippen LogP) is -0.140. The summed E-state index contributed by atoms with van der Waals surface area (Å²) in [4.78, 5) is 34.2. The molecule has 0 saturated carbocycles. The van der Waals surface area contributed by atoms with E-state index in [0.29, 0.717) is 25.3 Å². The van der Waals surface area contributed by atoms with Crippen LogP contribution in [0.4, 0.5) is 5.82 Å². The lowest BCUT2D eigenvalue weighted by molar-refractivity contribution is -0.901. The topological polar surface area (TPSA) is 90.2 Å². The number of hydrogen-bond donors (Lipinski definition) is 1. The highest BCUT2D eigenvalue weighted by Crippen LogP contribution is 2.29. The lowest BCUT2D eigenvalue weighted by atomic mass is 9.81. The zero-order chi connectivity index (χ0) is 23.8. The molecule has 2 aliphatic heterocycles. The maximum absolute atomic E-state index is 12.8. The number of nitrogens with one attached hydrogen (secondary N) is 1. The number of piperidine rings is 1. The molecule has 0 unspecified atom stereocenters. The minimum atomic E-state index is -1.00. The van der Waals surface area contributed by atoms with Gasteiger partial charge in [0.15, 0.2) is 6.61 Å². The summed E-state index contributed by atoms with van der Waals surface area (Å²) in [5.74, 6) is 0.866. The number of carbonyl (C=O) groups is 2. The molecule has 0 spiro atoms. The van der Waals surface area contributed by atoms with Crippen molar-refractivity contribution in [3.8, 4) is 5.75 Å². The Morgan fingerprint density at radius 1 is 1.03 bits per heavy atom. The molecule has 0 bridgehead atoms. The molecule has 2 saturated heterocycles. The van der Waals surface area contributed by atoms with Crippen LogP contribution in [-0.4, -0.2) is 74.2 Å². The number of aliphatic carboxylic acids is 1. The molecule has 1 amide bonds. The second-order valence-electron chi connectivity index (χ2n) is 9.29. The quantitative estimate of drug-likeness (QED) is 0.553. The second-order valence-corrected chi connectivity index (χ2v) is 9.29. The van der Waals surface area contributed by atoms with E-state index in [2.05, 4.69) is 9.88 Å². The molecular formula is C26H34N4O4. The SMILES string of the molecule is O=C([O-])C[C@@H]1CCN(C(=O)COc2ccccc2)C[C@@H]1CC[NH+]1CCN(c2ccccn2)CC1. The van der Waals surface area contributed by atoms with E-state index in [-0.39, 0.29) is 30.8 Å². The van der Waals surface area contributed by atoms with Gasteiger partial charge in [-0.3, -0.25) is 4.79 Å². The first-order valence-corrected chi connectivity index (χ1v) is 12.2. The average molecular weight is 467 g/mol. The van der Waals surface area contributed by atoms with Gasteiger partial charge in [-0.05, 0) is 48.9 Å². The third-order valence-corrected chi connectivity index (χ3v) is 7.09. The van der Waals surface area contributed by atoms with E-state index in [1.807, 2.05) is 59.6 Å². The van der Waals surface area contributed by atoms with Crippen molar-refractivity contribution in [1.82, 2.24) is 9.88 Å². The lowest BCUT2D eigenvalue weighted by Gasteiger charge is -2.40. The van der Waals surface area contributed by atoms with Crippen LogP contribution in [0.5, 0.6) is 5.75 Å². The molecule has 2 aliphatic rings. The zero-order valence-corrected chi connectivity index (χ0v) is 19.6. The Labute approximate surface area is 201 Å². The summed E-state index contributed by atoms with van der Waals surface area (Å²) >= 11 is 0. The van der Waals surface area contributed by atoms with Crippen molar-refractivity contribution < 1.29 is 24.3 Å². The van der Waals surface area contributed by atoms with Crippen LogP contribution < -0.4 is 19.6 Å². The average Bonchev–Trinajstić information content (AvgIpc) is 2.88. The van der Waals surface area contributed by atoms with Crippen LogP contribution in [0.1, 0.15) is 19.3 Å². The Morgan fingerprint density at radius 2 is 1.79 bits per heavy atom. The van der Waals surface area contributed by atoms with Crippen molar-refractivity contribution in [1.29, 1.82) is 0 Å². The monoisotopic (exact) mass is 466 g/mol. The highest BCUT2D eigenvalue weighted by atomic mass is 16.5. The Bertz CT molecular complexity index is 919. The smallest absolute Gasteiger partial charge is 0.260 e. The highest BCUT2D eigenvalue weighted by molar-refractivity contribution is 5.78. The van der Waals surface area contributed by atoms with Gasteiger partial charge in [0, 0.05) is 31.7 Å². The number of anilines is 1. The standard InChI is InChI=1S/C26H34N4O4/c31-25(20-34-23-6-2-1-3-7-23)30-13-10-21(18-26(32)33)22(19-30)9-12-28-14-16-29(17-15-28)24-8-4-5-11-27-24/h1-8,11,21-22H,9-10,12-20H2,(H,32,33)/t21-,22-/m0/s1. The van der Waals surface area contributed by atoms with E-state index in [4.69, 9.17) is 4.74 Å². The fourth-order valence-electron chi connectivity index (χ4n) is 5.10. The zero-order valence-electron chi connectivity index (χ0n) is 19.6. The highest BCUT2D eigenvalue weighted by Gasteiger charge is 2.33. The number of likely N-dealkylation sites (tertiary alicyclic amines) is 1. The fraction of sp³-hybridized carbons (Fsp3) is 0.500. The summed E-state index contributed by atoms with van der Waals surface area (Å²) in [6.45, 7) is 6.12. The van der Waals surface area contributed by atoms with Gasteiger partial charge in [-0.2, -0.15) is 0 Å². The first kappa shape index (κ1) is 24.0. The van der Waals surface area contributed by atoms with Gasteiger partial charge in [0.25, 0.3) is 5.91 Å². The molecule has 3 heterocycles. The third-order valence-electron chi connectivity index (χ3n) is 7.09. The number of para-hydroxylation sites is 1. The molecule has 2 fully saturated rings. The molecule has 0 radical (unpaired) electrons. The Morgan fingerprint density at radius 3 is 2.50 bits per heavy atom. The minimum Gasteiger partial charge on any atom is -0.550 e. The van der Waals surface area contributed by atoms with Gasteiger partial charge in [0.1, 0.15) is 11.6 Å². The maximum atomic E-state index is 12.8. The molecule has 2 atom stereocenters. The summed E-state index contributed by atoms with van der Waals surface area (Å²) in [7, 11) is 0. The third kappa shape index (κ3) is 6.70. The van der Waals surface area contributed by atoms with Crippen LogP contribution >= 0.6 is 0 Å². The molecule has 34 heavy (non-hydrogen) atoms. The van der Waals surface area contributed by atoms with Gasteiger partial charge in [0.2, 0.25) is 0 Å². The van der Waals surface area contributed by atoms with E-state index in [9.17, 15) is 14.7 Å². The van der Waals surface area contributed by atoms with Gasteiger partial charge < -0.3 is 29.3 Å². The van der Waals surface area contributed by atoms with Gasteiger partial charge in [-0.25, -0.2) is 4.98 Å². The van der Waals surface area contributed by atoms with Crippen LogP contribution in [0.3, 0.4) is 0 Å². The summed E-state index contributed by atoms with van der Waals surface area (Å²) in [5.41, 5.74) is 0. The number of carboxylic acids is 1. The molecular weight excluding hydrogens is 432 g/mol. The van der Waals surface area contributed by atoms with E-state index in [1.165, 1.54) is 4.90 Å². The van der Waals surface area contributed by atoms with Crippen LogP contribution in [0.2, 0.25) is 0 Å². The number of hydrogen-bond acceptors (Lipinski definition) is 6. The Balaban J connectivity index is 1.27. The van der Waals surface area contributed by atoms with Crippen LogP contribution in [-0.2, 0) is 9.59 Å². The number of benzene rings is 1. The molecule has 0 aliphatic carbocycles. The van der Waals surface area contributed by atoms with Gasteiger partial charge in [0.05, 0.1) is 32.7 Å². The molecule has 182 valence electrons. The molecule has 8 nitrogen and oxygen atoms in total. The Hall–Kier alpha value is -3.13. The Kier molecular flexibility index (Phi) is 8.36. The summed E-state index contributed by atoms with van der Waals surface area (Å²) in [6, 6.07) is 15.3. The van der Waals surface area contributed by atoms with Crippen molar-refractivity contribution in [2.45, 2.75) is 19.3 Å². The largest absolute Gasteiger partial charge is 0.550 e. The fourth-order valence-corrected chi connectivity index (χ4v) is 5.10. The number of ether oxygens (including phenoxy) is 1. The first-order chi connectivity index (χ1) is 16.6. The number of amides is 1. The van der Waals surface area contributed by atoms with Crippen molar-refractivity contribution in [2.75, 3.05) is 57.3 Å². The van der Waals surface area contributed by atoms with Crippen LogP contribution in [0.15, 0.2) is 54.7 Å². The van der Waals surface area contributed by atoms with Crippen molar-refractivity contribution in [3.05, 3.63) is 54.7 Å². The first-order valence-electron chi connectivity index (χ1n) is 12.2. The number of piperazine rings is 1. The number of nitrogens with zero attached hydrogens (tertiary/aromatic N) is 3. The minimum absolute atomic E-state index is 0.00260. The summed E-state index contributed by atoms with van der Waals surface area (Å²) in [5, 5.41) is 11.3. The maximum Gasteiger partial charge on any atom is 0.260 e. The van der Waals surface area contributed by atoms with Crippen molar-refractivity contribution in [2.24, 2.45) is 11.8 Å². The van der Waals surface area contributed by atoms with E-state index >= 15 is 0 Å². The van der Waals surface area contributed by atoms with E-state index in [0.717, 1.165) is 45.0 Å². The predicted molar refractivity (Wildman–Crippen MR) is 126 cm³/mol. The number of carbonyl (C=O) groups excluding carboxylic acids is 2. The normalized spacial score (nSPS) is 21.3. The number of rotatable bonds is 9. The van der Waals surface area contributed by atoms with Crippen LogP contribution in [0.25, 0.3) is 0 Å². The van der Waals surface area contributed by atoms with Gasteiger partial charge in [-0.1, -0.05) is 24.3 Å². The molecule has 1 aromatic carbocycles. The number of pyridine rings is 1. The molecule has 8 heteroatoms. The van der Waals surface area contributed by atoms with Crippen molar-refractivity contribution in [3.63, 3.8) is 0 Å². The molecule has 4 rings (SSSR count). The van der Waals surface area contributed by atoms with Crippen LogP contribution in [0, 0.1) is 11.8 Å². The molecule has 1 N–H and O–H groups in total. The lowest BCUT2D eigenvalue weighted by Crippen LogP contribution is -3.15. The summed E-state index contributed by atoms with van der Waals surface area (Å²) < 4.78 is 5.64. The van der Waals surface area contributed by atoms with Crippen molar-refractivity contribution >= 4 is 17.7 Å². The molecule has 2 aromatic rings. The molecule has 1 aromatic heterocycles. The summed E-state index contributed by atoms with van der Waals surface area (Å²) in [6.07, 6.45) is 3.49. The number of aromatic nitrogens is 1. The number of quaternary nitrogens is 1. The van der Waals surface area contributed by atoms with Gasteiger partial charge in [-0.15, -0.1) is 0 Å².